The van der Waals surface area contributed by atoms with E-state index in [0.717, 1.165) is 0 Å². The molecule has 0 spiro atoms. The van der Waals surface area contributed by atoms with E-state index in [2.05, 4.69) is 19.1 Å². The molecule has 15 heavy (non-hydrogen) atoms. The Kier molecular flexibility index (Phi) is 10.4. The van der Waals surface area contributed by atoms with E-state index in [4.69, 9.17) is 0 Å². The van der Waals surface area contributed by atoms with Crippen LogP contribution < -0.4 is 15.4 Å². The van der Waals surface area contributed by atoms with Gasteiger partial charge < -0.3 is 12.4 Å². The number of hydrogen-bond acceptors (Lipinski definition) is 1. The standard InChI is InChI=1S/C12H19S.ClH.Mg/c1-2-3-4-5-6-7-9-12-10-8-11-13-12;;/h8,10H,2-7,9H2,1H3;1H;/q;;+1/p-1. The molecule has 0 radical (unpaired) electrons. The fourth-order valence-corrected chi connectivity index (χ4v) is 3.17. The van der Waals surface area contributed by atoms with E-state index in [-0.39, 0.29) is 12.4 Å². The topological polar surface area (TPSA) is 0 Å². The van der Waals surface area contributed by atoms with Crippen molar-refractivity contribution in [3.8, 4) is 0 Å². The van der Waals surface area contributed by atoms with E-state index in [1.807, 2.05) is 33.0 Å². The summed E-state index contributed by atoms with van der Waals surface area (Å²) < 4.78 is 1.48. The van der Waals surface area contributed by atoms with E-state index in [1.165, 1.54) is 48.0 Å². The first kappa shape index (κ1) is 15.8. The second-order valence-corrected chi connectivity index (χ2v) is 6.41. The molecular formula is C12H19ClMgS. The molecular weight excluding hydrogens is 236 g/mol. The van der Waals surface area contributed by atoms with Crippen molar-refractivity contribution in [1.29, 1.82) is 0 Å². The van der Waals surface area contributed by atoms with Crippen LogP contribution >= 0.6 is 11.3 Å². The van der Waals surface area contributed by atoms with Crippen molar-refractivity contribution in [3.05, 3.63) is 17.0 Å². The van der Waals surface area contributed by atoms with Gasteiger partial charge in [-0.15, -0.1) is 0 Å². The Labute approximate surface area is 117 Å². The Bertz CT molecular complexity index is 248. The molecule has 0 N–H and O–H groups in total. The van der Waals surface area contributed by atoms with Gasteiger partial charge in [0.05, 0.1) is 0 Å². The molecule has 0 aliphatic rings. The van der Waals surface area contributed by atoms with Crippen molar-refractivity contribution >= 4 is 36.1 Å². The number of halogens is 1. The summed E-state index contributed by atoms with van der Waals surface area (Å²) in [5.41, 5.74) is 0. The van der Waals surface area contributed by atoms with Crippen molar-refractivity contribution < 1.29 is 12.4 Å². The average Bonchev–Trinajstić information content (AvgIpc) is 2.58. The molecule has 0 unspecified atom stereocenters. The Balaban J connectivity index is 0.00000196. The van der Waals surface area contributed by atoms with Crippen molar-refractivity contribution in [3.63, 3.8) is 0 Å². The van der Waals surface area contributed by atoms with Gasteiger partial charge in [-0.1, -0.05) is 0 Å². The van der Waals surface area contributed by atoms with Gasteiger partial charge >= 0.3 is 105 Å². The quantitative estimate of drug-likeness (QED) is 0.490. The van der Waals surface area contributed by atoms with Gasteiger partial charge in [0.2, 0.25) is 0 Å². The molecule has 1 rings (SSSR count). The monoisotopic (exact) mass is 254 g/mol. The molecule has 0 aromatic carbocycles. The van der Waals surface area contributed by atoms with Crippen LogP contribution in [0.2, 0.25) is 0 Å². The van der Waals surface area contributed by atoms with E-state index < -0.39 is 0 Å². The molecule has 0 bridgehead atoms. The zero-order valence-electron chi connectivity index (χ0n) is 9.60. The van der Waals surface area contributed by atoms with Crippen LogP contribution in [0.5, 0.6) is 0 Å². The molecule has 1 aromatic heterocycles. The van der Waals surface area contributed by atoms with Crippen molar-refractivity contribution in [2.45, 2.75) is 51.9 Å². The minimum atomic E-state index is 0. The van der Waals surface area contributed by atoms with Crippen LogP contribution in [0.1, 0.15) is 50.3 Å². The molecule has 0 saturated carbocycles. The van der Waals surface area contributed by atoms with Crippen molar-refractivity contribution in [2.24, 2.45) is 0 Å². The van der Waals surface area contributed by atoms with Gasteiger partial charge in [-0.05, 0) is 0 Å². The smallest absolute Gasteiger partial charge is 1.00 e. The average molecular weight is 255 g/mol. The minimum absolute atomic E-state index is 0. The molecule has 1 aromatic rings. The second-order valence-electron chi connectivity index (χ2n) is 3.89. The van der Waals surface area contributed by atoms with Gasteiger partial charge in [0.25, 0.3) is 0 Å². The van der Waals surface area contributed by atoms with Crippen LogP contribution in [0.25, 0.3) is 0 Å². The maximum absolute atomic E-state index is 2.29. The van der Waals surface area contributed by atoms with Gasteiger partial charge in [0.15, 0.2) is 0 Å². The van der Waals surface area contributed by atoms with Gasteiger partial charge in [-0.3, -0.25) is 0 Å². The molecule has 0 atom stereocenters. The predicted molar refractivity (Wildman–Crippen MR) is 66.8 cm³/mol. The molecule has 3 heteroatoms. The van der Waals surface area contributed by atoms with E-state index >= 15 is 0 Å². The normalized spacial score (nSPS) is 10.1. The maximum atomic E-state index is 2.29. The van der Waals surface area contributed by atoms with Crippen LogP contribution in [0.3, 0.4) is 0 Å². The van der Waals surface area contributed by atoms with Crippen LogP contribution in [0.15, 0.2) is 12.1 Å². The third kappa shape index (κ3) is 7.62. The summed E-state index contributed by atoms with van der Waals surface area (Å²) in [5.74, 6) is 0. The Morgan fingerprint density at radius 2 is 1.73 bits per heavy atom. The molecule has 0 nitrogen and oxygen atoms in total. The summed E-state index contributed by atoms with van der Waals surface area (Å²) in [7, 11) is 0. The third-order valence-electron chi connectivity index (χ3n) is 2.49. The first-order valence-electron chi connectivity index (χ1n) is 5.73. The maximum Gasteiger partial charge on any atom is -1.00 e. The zero-order valence-corrected chi connectivity index (χ0v) is 12.6. The van der Waals surface area contributed by atoms with Gasteiger partial charge in [0, 0.05) is 0 Å². The van der Waals surface area contributed by atoms with E-state index in [9.17, 15) is 0 Å². The number of thiophene rings is 1. The number of unbranched alkanes of at least 4 members (excludes halogenated alkanes) is 5. The van der Waals surface area contributed by atoms with Crippen LogP contribution in [-0.4, -0.2) is 21.7 Å². The van der Waals surface area contributed by atoms with E-state index in [1.54, 1.807) is 4.88 Å². The fraction of sp³-hybridized carbons (Fsp3) is 0.667. The van der Waals surface area contributed by atoms with Crippen LogP contribution in [0, 0.1) is 0 Å². The number of rotatable bonds is 7. The molecule has 0 saturated heterocycles. The summed E-state index contributed by atoms with van der Waals surface area (Å²) in [6.07, 6.45) is 9.73. The summed E-state index contributed by atoms with van der Waals surface area (Å²) >= 11 is 3.97. The van der Waals surface area contributed by atoms with Crippen molar-refractivity contribution in [1.82, 2.24) is 0 Å². The van der Waals surface area contributed by atoms with Crippen LogP contribution in [-0.2, 0) is 6.42 Å². The first-order chi connectivity index (χ1) is 6.83. The fourth-order valence-electron chi connectivity index (χ4n) is 1.64. The minimum Gasteiger partial charge on any atom is -1.00 e. The molecule has 0 aliphatic carbocycles. The predicted octanol–water partition coefficient (Wildman–Crippen LogP) is 0.449. The second kappa shape index (κ2) is 9.95. The molecule has 0 aliphatic heterocycles. The Hall–Kier alpha value is 0.756. The summed E-state index contributed by atoms with van der Waals surface area (Å²) in [6, 6.07) is 4.54. The third-order valence-corrected chi connectivity index (χ3v) is 4.16. The largest absolute Gasteiger partial charge is 1.00 e. The molecule has 82 valence electrons. The Morgan fingerprint density at radius 1 is 1.07 bits per heavy atom. The van der Waals surface area contributed by atoms with Gasteiger partial charge in [-0.2, -0.15) is 0 Å². The van der Waals surface area contributed by atoms with Gasteiger partial charge in [0.1, 0.15) is 0 Å². The number of hydrogen-bond donors (Lipinski definition) is 0. The number of aryl methyl sites for hydroxylation is 1. The summed E-state index contributed by atoms with van der Waals surface area (Å²) in [5, 5.41) is 0. The zero-order chi connectivity index (χ0) is 10.2. The first-order valence-corrected chi connectivity index (χ1v) is 7.26. The van der Waals surface area contributed by atoms with Gasteiger partial charge in [-0.25, -0.2) is 0 Å². The van der Waals surface area contributed by atoms with Crippen molar-refractivity contribution in [2.75, 3.05) is 0 Å². The molecule has 0 fully saturated rings. The Morgan fingerprint density at radius 3 is 2.33 bits per heavy atom. The SMILES string of the molecule is CCCCCCCCc1cc[c]([Mg+])s1.[Cl-]. The van der Waals surface area contributed by atoms with Crippen LogP contribution in [0.4, 0.5) is 0 Å². The summed E-state index contributed by atoms with van der Waals surface area (Å²) in [4.78, 5) is 1.57. The molecule has 1 heterocycles. The summed E-state index contributed by atoms with van der Waals surface area (Å²) in [6.45, 7) is 2.27. The van der Waals surface area contributed by atoms with E-state index in [0.29, 0.717) is 0 Å². The molecule has 0 amide bonds.